The third-order valence-corrected chi connectivity index (χ3v) is 4.08. The van der Waals surface area contributed by atoms with Crippen LogP contribution in [-0.4, -0.2) is 15.3 Å². The average molecular weight is 382 g/mol. The van der Waals surface area contributed by atoms with E-state index >= 15 is 0 Å². The fraction of sp³-hybridized carbons (Fsp3) is 0.0588. The van der Waals surface area contributed by atoms with Crippen molar-refractivity contribution in [1.29, 1.82) is 0 Å². The fourth-order valence-corrected chi connectivity index (χ4v) is 2.75. The van der Waals surface area contributed by atoms with E-state index in [9.17, 15) is 4.79 Å². The van der Waals surface area contributed by atoms with Gasteiger partial charge in [0.05, 0.1) is 11.3 Å². The lowest BCUT2D eigenvalue weighted by molar-refractivity contribution is 0.0653. The van der Waals surface area contributed by atoms with Gasteiger partial charge in [0.2, 0.25) is 12.0 Å². The molecule has 0 unspecified atom stereocenters. The number of carbonyl (C=O) groups is 1. The van der Waals surface area contributed by atoms with Gasteiger partial charge in [-0.3, -0.25) is 9.36 Å². The van der Waals surface area contributed by atoms with E-state index in [1.165, 1.54) is 12.4 Å². The summed E-state index contributed by atoms with van der Waals surface area (Å²) < 4.78 is 7.40. The van der Waals surface area contributed by atoms with Crippen molar-refractivity contribution in [2.24, 2.45) is 0 Å². The highest BCUT2D eigenvalue weighted by atomic mass is 35.5. The Balaban J connectivity index is 1.95. The number of hydrogen-bond acceptors (Lipinski definition) is 3. The van der Waals surface area contributed by atoms with E-state index in [0.717, 1.165) is 0 Å². The number of carbonyl (C=O) groups excluding carboxylic acids is 1. The largest absolute Gasteiger partial charge is 0.462 e. The number of aromatic nitrogens is 2. The molecule has 0 N–H and O–H groups in total. The first-order chi connectivity index (χ1) is 11.5. The van der Waals surface area contributed by atoms with Gasteiger partial charge in [-0.2, -0.15) is 0 Å². The Kier molecular flexibility index (Phi) is 5.09. The van der Waals surface area contributed by atoms with E-state index in [1.54, 1.807) is 53.4 Å². The monoisotopic (exact) mass is 380 g/mol. The SMILES string of the molecule is O=C(c1ccc(Cl)cc1Cl)[C@H](Oc1ccc(Cl)cc1)n1ccnc1. The highest BCUT2D eigenvalue weighted by Crippen LogP contribution is 2.27. The third kappa shape index (κ3) is 3.73. The Morgan fingerprint density at radius 3 is 2.38 bits per heavy atom. The molecule has 3 rings (SSSR count). The normalized spacial score (nSPS) is 12.0. The standard InChI is InChI=1S/C17H11Cl3N2O2/c18-11-1-4-13(5-2-11)24-17(22-8-7-21-10-22)16(23)14-6-3-12(19)9-15(14)20/h1-10,17H/t17-/m0/s1. The quantitative estimate of drug-likeness (QED) is 0.563. The van der Waals surface area contributed by atoms with Gasteiger partial charge >= 0.3 is 0 Å². The second kappa shape index (κ2) is 7.26. The Hall–Kier alpha value is -2.01. The van der Waals surface area contributed by atoms with Gasteiger partial charge in [0.1, 0.15) is 5.75 Å². The van der Waals surface area contributed by atoms with Gasteiger partial charge in [0.15, 0.2) is 0 Å². The lowest BCUT2D eigenvalue weighted by Gasteiger charge is -2.20. The van der Waals surface area contributed by atoms with Crippen LogP contribution in [0, 0.1) is 0 Å². The molecule has 0 amide bonds. The van der Waals surface area contributed by atoms with Gasteiger partial charge in [-0.15, -0.1) is 0 Å². The fourth-order valence-electron chi connectivity index (χ4n) is 2.12. The number of imidazole rings is 1. The van der Waals surface area contributed by atoms with Gasteiger partial charge in [0.25, 0.3) is 0 Å². The van der Waals surface area contributed by atoms with Crippen LogP contribution >= 0.6 is 34.8 Å². The first kappa shape index (κ1) is 16.8. The second-order valence-electron chi connectivity index (χ2n) is 4.92. The van der Waals surface area contributed by atoms with E-state index in [1.807, 2.05) is 0 Å². The summed E-state index contributed by atoms with van der Waals surface area (Å²) in [6, 6.07) is 11.4. The molecule has 0 radical (unpaired) electrons. The molecule has 0 bridgehead atoms. The number of ether oxygens (including phenoxy) is 1. The van der Waals surface area contributed by atoms with Crippen LogP contribution in [0.15, 0.2) is 61.2 Å². The minimum absolute atomic E-state index is 0.261. The Morgan fingerprint density at radius 2 is 1.75 bits per heavy atom. The maximum absolute atomic E-state index is 12.9. The molecule has 3 aromatic rings. The molecule has 2 aromatic carbocycles. The minimum Gasteiger partial charge on any atom is -0.462 e. The van der Waals surface area contributed by atoms with Crippen LogP contribution in [0.3, 0.4) is 0 Å². The van der Waals surface area contributed by atoms with Crippen LogP contribution in [0.5, 0.6) is 5.75 Å². The van der Waals surface area contributed by atoms with E-state index in [2.05, 4.69) is 4.98 Å². The number of Topliss-reactive ketones (excluding diaryl/α,β-unsaturated/α-hetero) is 1. The van der Waals surface area contributed by atoms with Gasteiger partial charge < -0.3 is 4.74 Å². The molecule has 1 heterocycles. The lowest BCUT2D eigenvalue weighted by Crippen LogP contribution is -2.24. The number of rotatable bonds is 5. The molecule has 0 aliphatic heterocycles. The Labute approximate surface area is 153 Å². The predicted molar refractivity (Wildman–Crippen MR) is 94.1 cm³/mol. The van der Waals surface area contributed by atoms with Crippen molar-refractivity contribution in [3.8, 4) is 5.75 Å². The first-order valence-corrected chi connectivity index (χ1v) is 8.07. The van der Waals surface area contributed by atoms with Crippen LogP contribution in [-0.2, 0) is 0 Å². The molecule has 24 heavy (non-hydrogen) atoms. The molecule has 0 aliphatic carbocycles. The lowest BCUT2D eigenvalue weighted by atomic mass is 10.1. The van der Waals surface area contributed by atoms with Crippen LogP contribution in [0.1, 0.15) is 16.6 Å². The minimum atomic E-state index is -0.952. The van der Waals surface area contributed by atoms with Gasteiger partial charge in [0, 0.05) is 28.0 Å². The molecule has 0 saturated carbocycles. The van der Waals surface area contributed by atoms with Crippen LogP contribution in [0.4, 0.5) is 0 Å². The summed E-state index contributed by atoms with van der Waals surface area (Å²) in [7, 11) is 0. The van der Waals surface area contributed by atoms with Crippen molar-refractivity contribution < 1.29 is 9.53 Å². The molecule has 1 atom stereocenters. The zero-order chi connectivity index (χ0) is 17.1. The Bertz CT molecular complexity index is 849. The molecular weight excluding hydrogens is 371 g/mol. The van der Waals surface area contributed by atoms with Crippen molar-refractivity contribution in [3.05, 3.63) is 81.8 Å². The molecule has 4 nitrogen and oxygen atoms in total. The van der Waals surface area contributed by atoms with Crippen molar-refractivity contribution >= 4 is 40.6 Å². The molecule has 7 heteroatoms. The molecular formula is C17H11Cl3N2O2. The number of hydrogen-bond donors (Lipinski definition) is 0. The van der Waals surface area contributed by atoms with Crippen LogP contribution in [0.25, 0.3) is 0 Å². The van der Waals surface area contributed by atoms with E-state index in [0.29, 0.717) is 21.4 Å². The summed E-state index contributed by atoms with van der Waals surface area (Å²) in [6.45, 7) is 0. The summed E-state index contributed by atoms with van der Waals surface area (Å²) in [6.07, 6.45) is 3.76. The molecule has 0 aliphatic rings. The molecule has 1 aromatic heterocycles. The van der Waals surface area contributed by atoms with E-state index < -0.39 is 6.23 Å². The second-order valence-corrected chi connectivity index (χ2v) is 6.20. The van der Waals surface area contributed by atoms with E-state index in [-0.39, 0.29) is 10.8 Å². The van der Waals surface area contributed by atoms with Gasteiger partial charge in [-0.05, 0) is 42.5 Å². The Morgan fingerprint density at radius 1 is 1.04 bits per heavy atom. The zero-order valence-corrected chi connectivity index (χ0v) is 14.5. The first-order valence-electron chi connectivity index (χ1n) is 6.93. The maximum Gasteiger partial charge on any atom is 0.241 e. The molecule has 0 fully saturated rings. The topological polar surface area (TPSA) is 44.1 Å². The number of nitrogens with zero attached hydrogens (tertiary/aromatic N) is 2. The predicted octanol–water partition coefficient (Wildman–Crippen LogP) is 5.30. The van der Waals surface area contributed by atoms with Crippen molar-refractivity contribution in [2.45, 2.75) is 6.23 Å². The van der Waals surface area contributed by atoms with E-state index in [4.69, 9.17) is 39.5 Å². The summed E-state index contributed by atoms with van der Waals surface area (Å²) in [5.74, 6) is 0.182. The average Bonchev–Trinajstić information content (AvgIpc) is 3.08. The zero-order valence-electron chi connectivity index (χ0n) is 12.2. The summed E-state index contributed by atoms with van der Waals surface area (Å²) >= 11 is 17.9. The van der Waals surface area contributed by atoms with Crippen LogP contribution < -0.4 is 4.74 Å². The highest BCUT2D eigenvalue weighted by Gasteiger charge is 2.25. The van der Waals surface area contributed by atoms with Crippen molar-refractivity contribution in [1.82, 2.24) is 9.55 Å². The third-order valence-electron chi connectivity index (χ3n) is 3.28. The summed E-state index contributed by atoms with van der Waals surface area (Å²) in [5.41, 5.74) is 0.314. The van der Waals surface area contributed by atoms with Crippen LogP contribution in [0.2, 0.25) is 15.1 Å². The van der Waals surface area contributed by atoms with Gasteiger partial charge in [-0.1, -0.05) is 34.8 Å². The van der Waals surface area contributed by atoms with Gasteiger partial charge in [-0.25, -0.2) is 4.98 Å². The van der Waals surface area contributed by atoms with Crippen molar-refractivity contribution in [2.75, 3.05) is 0 Å². The number of benzene rings is 2. The smallest absolute Gasteiger partial charge is 0.241 e. The molecule has 122 valence electrons. The molecule has 0 spiro atoms. The maximum atomic E-state index is 12.9. The summed E-state index contributed by atoms with van der Waals surface area (Å²) in [5, 5.41) is 1.29. The van der Waals surface area contributed by atoms with Crippen molar-refractivity contribution in [3.63, 3.8) is 0 Å². The molecule has 0 saturated heterocycles. The number of ketones is 1. The summed E-state index contributed by atoms with van der Waals surface area (Å²) in [4.78, 5) is 16.9. The highest BCUT2D eigenvalue weighted by molar-refractivity contribution is 6.37. The number of halogens is 3.